The molecule has 1 aromatic carbocycles. The van der Waals surface area contributed by atoms with E-state index >= 15 is 0 Å². The maximum Gasteiger partial charge on any atom is 2.00 e. The third kappa shape index (κ3) is 5.52. The summed E-state index contributed by atoms with van der Waals surface area (Å²) in [5.41, 5.74) is 0.966. The smallest absolute Gasteiger partial charge is 0.540 e. The van der Waals surface area contributed by atoms with Gasteiger partial charge in [-0.1, -0.05) is 36.4 Å². The van der Waals surface area contributed by atoms with E-state index in [1.54, 1.807) is 0 Å². The van der Waals surface area contributed by atoms with Crippen molar-refractivity contribution in [3.63, 3.8) is 0 Å². The molecular formula is C15H17F2NO2U. The summed E-state index contributed by atoms with van der Waals surface area (Å²) in [6.45, 7) is -0.680. The molecule has 1 heterocycles. The summed E-state index contributed by atoms with van der Waals surface area (Å²) in [4.78, 5) is 23.5. The normalized spacial score (nSPS) is 19.3. The molecule has 1 saturated heterocycles. The van der Waals surface area contributed by atoms with E-state index in [1.165, 1.54) is 6.29 Å². The number of hydrogen-bond acceptors (Lipinski definition) is 2. The second-order valence-electron chi connectivity index (χ2n) is 4.70. The van der Waals surface area contributed by atoms with Crippen LogP contribution in [-0.2, 0) is 16.0 Å². The van der Waals surface area contributed by atoms with Crippen molar-refractivity contribution < 1.29 is 49.5 Å². The minimum atomic E-state index is -2.98. The standard InChI is InChI=1S/C14H14F2NO2.CH3.U/c15-14(16)8-12(9-18)17(10-14)13(19)7-6-11-4-2-1-3-5-11;;/h1-5,12H,6-8,10H2;1H3;/q2*-1;+2/t12-;;/m0../s1. The molecule has 6 heteroatoms. The maximum atomic E-state index is 13.2. The fourth-order valence-electron chi connectivity index (χ4n) is 2.22. The summed E-state index contributed by atoms with van der Waals surface area (Å²) in [7, 11) is 0. The molecular weight excluding hydrogens is 502 g/mol. The Morgan fingerprint density at radius 2 is 1.95 bits per heavy atom. The van der Waals surface area contributed by atoms with Crippen molar-refractivity contribution >= 4 is 12.2 Å². The van der Waals surface area contributed by atoms with E-state index in [-0.39, 0.29) is 45.0 Å². The number of alkyl halides is 2. The quantitative estimate of drug-likeness (QED) is 0.574. The summed E-state index contributed by atoms with van der Waals surface area (Å²) in [5.74, 6) is -3.40. The van der Waals surface area contributed by atoms with Crippen molar-refractivity contribution in [3.8, 4) is 0 Å². The molecule has 1 aliphatic rings. The Kier molecular flexibility index (Phi) is 8.35. The minimum absolute atomic E-state index is 0. The van der Waals surface area contributed by atoms with Gasteiger partial charge in [0.15, 0.2) is 0 Å². The molecule has 0 spiro atoms. The van der Waals surface area contributed by atoms with Crippen molar-refractivity contribution in [1.82, 2.24) is 4.90 Å². The van der Waals surface area contributed by atoms with Gasteiger partial charge in [-0.15, -0.1) is 0 Å². The molecule has 112 valence electrons. The Balaban J connectivity index is 0.00000200. The van der Waals surface area contributed by atoms with E-state index in [9.17, 15) is 18.4 Å². The fourth-order valence-corrected chi connectivity index (χ4v) is 2.22. The van der Waals surface area contributed by atoms with Crippen LogP contribution in [0.4, 0.5) is 8.78 Å². The van der Waals surface area contributed by atoms with Gasteiger partial charge in [0.1, 0.15) is 0 Å². The van der Waals surface area contributed by atoms with E-state index in [1.807, 2.05) is 30.3 Å². The first-order valence-electron chi connectivity index (χ1n) is 6.11. The van der Waals surface area contributed by atoms with E-state index < -0.39 is 30.8 Å². The molecule has 0 saturated carbocycles. The predicted octanol–water partition coefficient (Wildman–Crippen LogP) is 2.42. The zero-order valence-electron chi connectivity index (χ0n) is 11.8. The molecule has 0 unspecified atom stereocenters. The molecule has 1 amide bonds. The SMILES string of the molecule is O=[C-][C@@H]1CC(F)(F)CN1C(=O)CCc1ccccc1.[CH3-].[U+2]. The Labute approximate surface area is 147 Å². The molecule has 1 fully saturated rings. The van der Waals surface area contributed by atoms with Crippen molar-refractivity contribution in [2.45, 2.75) is 31.2 Å². The van der Waals surface area contributed by atoms with Gasteiger partial charge in [0.2, 0.25) is 5.91 Å². The van der Waals surface area contributed by atoms with Crippen LogP contribution in [0.2, 0.25) is 0 Å². The van der Waals surface area contributed by atoms with Crippen LogP contribution in [0, 0.1) is 38.5 Å². The topological polar surface area (TPSA) is 37.4 Å². The van der Waals surface area contributed by atoms with Gasteiger partial charge in [0.25, 0.3) is 5.92 Å². The number of hydrogen-bond donors (Lipinski definition) is 0. The van der Waals surface area contributed by atoms with Crippen LogP contribution in [0.3, 0.4) is 0 Å². The van der Waals surface area contributed by atoms with Crippen LogP contribution in [0.15, 0.2) is 30.3 Å². The van der Waals surface area contributed by atoms with Crippen molar-refractivity contribution in [1.29, 1.82) is 0 Å². The second kappa shape index (κ2) is 8.65. The average Bonchev–Trinajstić information content (AvgIpc) is 2.72. The molecule has 1 atom stereocenters. The molecule has 0 bridgehead atoms. The van der Waals surface area contributed by atoms with E-state index in [4.69, 9.17) is 0 Å². The molecule has 0 N–H and O–H groups in total. The number of carbonyl (C=O) groups excluding carboxylic acids is 2. The Hall–Kier alpha value is -0.728. The minimum Gasteiger partial charge on any atom is -0.540 e. The van der Waals surface area contributed by atoms with Crippen molar-refractivity contribution in [2.24, 2.45) is 0 Å². The first kappa shape index (κ1) is 20.3. The number of likely N-dealkylation sites (tertiary alicyclic amines) is 1. The van der Waals surface area contributed by atoms with Crippen LogP contribution in [-0.4, -0.2) is 35.6 Å². The van der Waals surface area contributed by atoms with Gasteiger partial charge in [-0.2, -0.15) is 0 Å². The van der Waals surface area contributed by atoms with Crippen LogP contribution in [0.1, 0.15) is 18.4 Å². The predicted molar refractivity (Wildman–Crippen MR) is 71.9 cm³/mol. The summed E-state index contributed by atoms with van der Waals surface area (Å²) in [6, 6.07) is 8.20. The van der Waals surface area contributed by atoms with Gasteiger partial charge in [-0.25, -0.2) is 15.1 Å². The first-order valence-corrected chi connectivity index (χ1v) is 6.11. The van der Waals surface area contributed by atoms with Crippen LogP contribution in [0.5, 0.6) is 0 Å². The first-order chi connectivity index (χ1) is 9.02. The molecule has 1 aliphatic heterocycles. The number of rotatable bonds is 4. The molecule has 0 radical (unpaired) electrons. The van der Waals surface area contributed by atoms with E-state index in [0.717, 1.165) is 10.5 Å². The van der Waals surface area contributed by atoms with E-state index in [2.05, 4.69) is 0 Å². The van der Waals surface area contributed by atoms with Gasteiger partial charge in [0.05, 0.1) is 6.54 Å². The largest absolute Gasteiger partial charge is 2.00 e. The third-order valence-electron chi connectivity index (χ3n) is 3.20. The van der Waals surface area contributed by atoms with E-state index in [0.29, 0.717) is 6.42 Å². The second-order valence-corrected chi connectivity index (χ2v) is 4.70. The molecule has 0 aromatic heterocycles. The van der Waals surface area contributed by atoms with Crippen molar-refractivity contribution in [3.05, 3.63) is 43.3 Å². The van der Waals surface area contributed by atoms with Gasteiger partial charge < -0.3 is 17.1 Å². The molecule has 3 nitrogen and oxygen atoms in total. The molecule has 21 heavy (non-hydrogen) atoms. The maximum absolute atomic E-state index is 13.2. The summed E-state index contributed by atoms with van der Waals surface area (Å²) >= 11 is 0. The molecule has 2 rings (SSSR count). The molecule has 1 aromatic rings. The Morgan fingerprint density at radius 1 is 1.33 bits per heavy atom. The summed E-state index contributed by atoms with van der Waals surface area (Å²) in [6.07, 6.45) is 1.51. The number of carbonyl (C=O) groups is 1. The van der Waals surface area contributed by atoms with Crippen LogP contribution >= 0.6 is 0 Å². The zero-order chi connectivity index (χ0) is 13.9. The summed E-state index contributed by atoms with van der Waals surface area (Å²) < 4.78 is 26.4. The number of amides is 1. The number of nitrogens with zero attached hydrogens (tertiary/aromatic N) is 1. The fraction of sp³-hybridized carbons (Fsp3) is 0.400. The zero-order valence-corrected chi connectivity index (χ0v) is 16.0. The molecule has 0 aliphatic carbocycles. The Bertz CT molecular complexity index is 468. The van der Waals surface area contributed by atoms with Gasteiger partial charge in [-0.3, -0.25) is 4.79 Å². The summed E-state index contributed by atoms with van der Waals surface area (Å²) in [5, 5.41) is 0. The third-order valence-corrected chi connectivity index (χ3v) is 3.20. The number of aryl methyl sites for hydroxylation is 1. The van der Waals surface area contributed by atoms with Crippen LogP contribution in [0.25, 0.3) is 0 Å². The van der Waals surface area contributed by atoms with Gasteiger partial charge in [-0.05, 0) is 12.0 Å². The van der Waals surface area contributed by atoms with Gasteiger partial charge in [0, 0.05) is 12.8 Å². The monoisotopic (exact) mass is 519 g/mol. The van der Waals surface area contributed by atoms with Gasteiger partial charge >= 0.3 is 31.1 Å². The average molecular weight is 519 g/mol. The number of halogens is 2. The van der Waals surface area contributed by atoms with Crippen LogP contribution < -0.4 is 0 Å². The number of benzene rings is 1. The Morgan fingerprint density at radius 3 is 2.52 bits per heavy atom. The van der Waals surface area contributed by atoms with Crippen molar-refractivity contribution in [2.75, 3.05) is 6.54 Å².